The largest absolute Gasteiger partial charge is 0.463 e. The van der Waals surface area contributed by atoms with E-state index in [2.05, 4.69) is 9.58 Å². The van der Waals surface area contributed by atoms with E-state index in [-0.39, 0.29) is 5.92 Å². The van der Waals surface area contributed by atoms with Crippen molar-refractivity contribution in [1.82, 2.24) is 0 Å². The van der Waals surface area contributed by atoms with Gasteiger partial charge in [-0.3, -0.25) is 0 Å². The van der Waals surface area contributed by atoms with Crippen molar-refractivity contribution in [2.45, 2.75) is 26.3 Å². The van der Waals surface area contributed by atoms with E-state index in [1.54, 1.807) is 0 Å². The molecule has 0 aromatic carbocycles. The summed E-state index contributed by atoms with van der Waals surface area (Å²) in [5.74, 6) is -0.339. The van der Waals surface area contributed by atoms with Crippen molar-refractivity contribution in [2.24, 2.45) is 5.92 Å². The van der Waals surface area contributed by atoms with Crippen LogP contribution in [0.25, 0.3) is 4.85 Å². The fraction of sp³-hybridized carbons (Fsp3) is 0.750. The first-order valence-corrected chi connectivity index (χ1v) is 3.61. The monoisotopic (exact) mass is 155 g/mol. The number of esters is 1. The number of carbonyl (C=O) groups excluding carboxylic acids is 1. The molecule has 11 heavy (non-hydrogen) atoms. The molecule has 0 spiro atoms. The van der Waals surface area contributed by atoms with Gasteiger partial charge >= 0.3 is 12.0 Å². The Bertz CT molecular complexity index is 171. The average Bonchev–Trinajstić information content (AvgIpc) is 2.05. The molecule has 0 aromatic rings. The number of carbonyl (C=O) groups is 1. The average molecular weight is 155 g/mol. The zero-order valence-corrected chi connectivity index (χ0v) is 7.13. The highest BCUT2D eigenvalue weighted by Crippen LogP contribution is 2.12. The maximum Gasteiger partial charge on any atom is 0.390 e. The molecule has 3 nitrogen and oxygen atoms in total. The topological polar surface area (TPSA) is 30.7 Å². The number of methoxy groups -OCH3 is 1. The van der Waals surface area contributed by atoms with E-state index in [1.165, 1.54) is 7.11 Å². The lowest BCUT2D eigenvalue weighted by molar-refractivity contribution is -0.142. The number of hydrogen-bond acceptors (Lipinski definition) is 2. The van der Waals surface area contributed by atoms with Crippen LogP contribution in [0.1, 0.15) is 20.3 Å². The lowest BCUT2D eigenvalue weighted by atomic mass is 10.0. The zero-order chi connectivity index (χ0) is 8.85. The molecule has 0 unspecified atom stereocenters. The molecule has 2 atom stereocenters. The molecule has 0 saturated carbocycles. The van der Waals surface area contributed by atoms with Gasteiger partial charge in [0.25, 0.3) is 0 Å². The second-order valence-corrected chi connectivity index (χ2v) is 2.48. The Hall–Kier alpha value is -1.04. The molecule has 0 fully saturated rings. The number of nitrogens with zero attached hydrogens (tertiary/aromatic N) is 1. The van der Waals surface area contributed by atoms with Crippen molar-refractivity contribution in [3.05, 3.63) is 11.4 Å². The van der Waals surface area contributed by atoms with Crippen LogP contribution in [-0.2, 0) is 9.53 Å². The first-order chi connectivity index (χ1) is 5.17. The summed E-state index contributed by atoms with van der Waals surface area (Å²) < 4.78 is 4.47. The normalized spacial score (nSPS) is 14.7. The summed E-state index contributed by atoms with van der Waals surface area (Å²) in [6.45, 7) is 10.6. The number of rotatable bonds is 3. The van der Waals surface area contributed by atoms with E-state index >= 15 is 0 Å². The van der Waals surface area contributed by atoms with Gasteiger partial charge in [0.1, 0.15) is 0 Å². The summed E-state index contributed by atoms with van der Waals surface area (Å²) in [7, 11) is 1.31. The van der Waals surface area contributed by atoms with Gasteiger partial charge in [-0.1, -0.05) is 13.8 Å². The van der Waals surface area contributed by atoms with Crippen molar-refractivity contribution in [3.63, 3.8) is 0 Å². The lowest BCUT2D eigenvalue weighted by Crippen LogP contribution is -2.25. The molecule has 0 bridgehead atoms. The third kappa shape index (κ3) is 2.58. The van der Waals surface area contributed by atoms with Crippen LogP contribution in [0.2, 0.25) is 0 Å². The van der Waals surface area contributed by atoms with Crippen molar-refractivity contribution in [2.75, 3.05) is 7.11 Å². The number of hydrogen-bond donors (Lipinski definition) is 0. The quantitative estimate of drug-likeness (QED) is 0.456. The highest BCUT2D eigenvalue weighted by Gasteiger charge is 2.29. The third-order valence-corrected chi connectivity index (χ3v) is 1.76. The molecule has 62 valence electrons. The predicted octanol–water partition coefficient (Wildman–Crippen LogP) is 1.49. The molecule has 0 aliphatic rings. The maximum absolute atomic E-state index is 10.9. The summed E-state index contributed by atoms with van der Waals surface area (Å²) in [6, 6.07) is -0.620. The Morgan fingerprint density at radius 1 is 1.73 bits per heavy atom. The maximum atomic E-state index is 10.9. The molecule has 0 saturated heterocycles. The highest BCUT2D eigenvalue weighted by molar-refractivity contribution is 5.77. The van der Waals surface area contributed by atoms with Crippen molar-refractivity contribution < 1.29 is 9.53 Å². The fourth-order valence-electron chi connectivity index (χ4n) is 0.756. The molecule has 0 heterocycles. The first-order valence-electron chi connectivity index (χ1n) is 3.61. The molecular weight excluding hydrogens is 142 g/mol. The second kappa shape index (κ2) is 4.73. The Morgan fingerprint density at radius 2 is 2.27 bits per heavy atom. The van der Waals surface area contributed by atoms with Gasteiger partial charge in [-0.2, -0.15) is 0 Å². The summed E-state index contributed by atoms with van der Waals surface area (Å²) >= 11 is 0. The van der Waals surface area contributed by atoms with E-state index in [9.17, 15) is 4.79 Å². The van der Waals surface area contributed by atoms with E-state index in [4.69, 9.17) is 6.57 Å². The molecule has 0 radical (unpaired) electrons. The standard InChI is InChI=1S/C8H13NO2/c1-5-6(2)7(9-3)8(10)11-4/h6-7H,5H2,1-2,4H3/t6-,7+/m1/s1. The van der Waals surface area contributed by atoms with Gasteiger partial charge in [0.15, 0.2) is 0 Å². The van der Waals surface area contributed by atoms with E-state index in [0.717, 1.165) is 6.42 Å². The van der Waals surface area contributed by atoms with E-state index in [1.807, 2.05) is 13.8 Å². The third-order valence-electron chi connectivity index (χ3n) is 1.76. The van der Waals surface area contributed by atoms with Crippen molar-refractivity contribution >= 4 is 5.97 Å². The minimum Gasteiger partial charge on any atom is -0.463 e. The van der Waals surface area contributed by atoms with Crippen LogP contribution < -0.4 is 0 Å². The van der Waals surface area contributed by atoms with Crippen LogP contribution in [-0.4, -0.2) is 19.1 Å². The van der Waals surface area contributed by atoms with Crippen LogP contribution in [0.5, 0.6) is 0 Å². The summed E-state index contributed by atoms with van der Waals surface area (Å²) in [4.78, 5) is 14.1. The second-order valence-electron chi connectivity index (χ2n) is 2.48. The van der Waals surface area contributed by atoms with E-state index in [0.29, 0.717) is 0 Å². The number of ether oxygens (including phenoxy) is 1. The fourth-order valence-corrected chi connectivity index (χ4v) is 0.756. The highest BCUT2D eigenvalue weighted by atomic mass is 16.5. The van der Waals surface area contributed by atoms with Gasteiger partial charge in [-0.15, -0.1) is 0 Å². The van der Waals surface area contributed by atoms with Crippen LogP contribution >= 0.6 is 0 Å². The Balaban J connectivity index is 4.18. The molecule has 0 aliphatic carbocycles. The van der Waals surface area contributed by atoms with Gasteiger partial charge in [0.05, 0.1) is 7.11 Å². The van der Waals surface area contributed by atoms with Crippen LogP contribution in [0.15, 0.2) is 0 Å². The van der Waals surface area contributed by atoms with Crippen LogP contribution in [0.4, 0.5) is 0 Å². The lowest BCUT2D eigenvalue weighted by Gasteiger charge is -2.08. The molecular formula is C8H13NO2. The van der Waals surface area contributed by atoms with Gasteiger partial charge < -0.3 is 9.58 Å². The smallest absolute Gasteiger partial charge is 0.390 e. The molecule has 0 amide bonds. The molecule has 0 aliphatic heterocycles. The molecule has 0 rings (SSSR count). The Labute approximate surface area is 67.2 Å². The molecule has 0 aromatic heterocycles. The first kappa shape index (κ1) is 9.96. The zero-order valence-electron chi connectivity index (χ0n) is 7.13. The van der Waals surface area contributed by atoms with Gasteiger partial charge in [-0.05, 0) is 6.42 Å². The van der Waals surface area contributed by atoms with Crippen LogP contribution in [0.3, 0.4) is 0 Å². The van der Waals surface area contributed by atoms with Gasteiger partial charge in [0.2, 0.25) is 0 Å². The summed E-state index contributed by atoms with van der Waals surface area (Å²) in [6.07, 6.45) is 0.822. The molecule has 0 N–H and O–H groups in total. The Kier molecular flexibility index (Phi) is 4.28. The van der Waals surface area contributed by atoms with Crippen LogP contribution in [0, 0.1) is 12.5 Å². The molecule has 3 heteroatoms. The SMILES string of the molecule is [C-]#[N+][C@H](C(=O)OC)[C@H](C)CC. The Morgan fingerprint density at radius 3 is 2.55 bits per heavy atom. The van der Waals surface area contributed by atoms with Gasteiger partial charge in [0, 0.05) is 5.92 Å². The van der Waals surface area contributed by atoms with Crippen molar-refractivity contribution in [1.29, 1.82) is 0 Å². The minimum absolute atomic E-state index is 0.0833. The van der Waals surface area contributed by atoms with Gasteiger partial charge in [-0.25, -0.2) is 11.4 Å². The summed E-state index contributed by atoms with van der Waals surface area (Å²) in [5, 5.41) is 0. The summed E-state index contributed by atoms with van der Waals surface area (Å²) in [5.41, 5.74) is 0. The van der Waals surface area contributed by atoms with E-state index < -0.39 is 12.0 Å². The minimum atomic E-state index is -0.620. The van der Waals surface area contributed by atoms with Crippen molar-refractivity contribution in [3.8, 4) is 0 Å². The predicted molar refractivity (Wildman–Crippen MR) is 41.9 cm³/mol.